The van der Waals surface area contributed by atoms with Gasteiger partial charge in [-0.05, 0) is 18.8 Å². The third-order valence-corrected chi connectivity index (χ3v) is 2.39. The number of carboxylic acids is 1. The number of amides is 1. The number of hydrogen-bond donors (Lipinski definition) is 2. The van der Waals surface area contributed by atoms with Crippen molar-refractivity contribution >= 4 is 11.9 Å². The van der Waals surface area contributed by atoms with Crippen LogP contribution in [0.15, 0.2) is 0 Å². The monoisotopic (exact) mass is 215 g/mol. The lowest BCUT2D eigenvalue weighted by Crippen LogP contribution is -2.27. The molecule has 0 aliphatic heterocycles. The average Bonchev–Trinajstić information content (AvgIpc) is 2.20. The summed E-state index contributed by atoms with van der Waals surface area (Å²) in [5, 5.41) is 11.2. The minimum Gasteiger partial charge on any atom is -0.481 e. The lowest BCUT2D eigenvalue weighted by molar-refractivity contribution is -0.137. The van der Waals surface area contributed by atoms with E-state index in [1.54, 1.807) is 0 Å². The number of rotatable bonds is 8. The molecule has 4 nitrogen and oxygen atoms in total. The average molecular weight is 215 g/mol. The maximum atomic E-state index is 11.2. The van der Waals surface area contributed by atoms with Gasteiger partial charge < -0.3 is 10.4 Å². The highest BCUT2D eigenvalue weighted by Gasteiger charge is 2.04. The van der Waals surface area contributed by atoms with Crippen LogP contribution in [0.3, 0.4) is 0 Å². The molecule has 0 heterocycles. The van der Waals surface area contributed by atoms with Gasteiger partial charge in [0.1, 0.15) is 0 Å². The van der Waals surface area contributed by atoms with Gasteiger partial charge in [-0.2, -0.15) is 0 Å². The van der Waals surface area contributed by atoms with Gasteiger partial charge in [0.05, 0.1) is 0 Å². The number of hydrogen-bond acceptors (Lipinski definition) is 2. The molecule has 0 aliphatic rings. The Morgan fingerprint density at radius 3 is 2.40 bits per heavy atom. The molecule has 1 amide bonds. The lowest BCUT2D eigenvalue weighted by Gasteiger charge is -2.09. The number of aliphatic carboxylic acids is 1. The van der Waals surface area contributed by atoms with Crippen molar-refractivity contribution < 1.29 is 14.7 Å². The van der Waals surface area contributed by atoms with Crippen molar-refractivity contribution in [1.29, 1.82) is 0 Å². The normalized spacial score (nSPS) is 12.1. The molecule has 0 aromatic carbocycles. The Morgan fingerprint density at radius 1 is 1.27 bits per heavy atom. The number of nitrogens with one attached hydrogen (secondary N) is 1. The Hall–Kier alpha value is -1.06. The van der Waals surface area contributed by atoms with Gasteiger partial charge >= 0.3 is 5.97 Å². The Kier molecular flexibility index (Phi) is 7.68. The number of unbranched alkanes of at least 4 members (excludes halogenated alkanes) is 1. The Balaban J connectivity index is 3.37. The minimum absolute atomic E-state index is 0.0284. The molecule has 4 heteroatoms. The van der Waals surface area contributed by atoms with Crippen molar-refractivity contribution in [2.45, 2.75) is 46.0 Å². The molecule has 0 rings (SSSR count). The van der Waals surface area contributed by atoms with Crippen LogP contribution in [-0.2, 0) is 9.59 Å². The molecular formula is C11H21NO3. The predicted molar refractivity (Wildman–Crippen MR) is 58.6 cm³/mol. The Morgan fingerprint density at radius 2 is 1.87 bits per heavy atom. The van der Waals surface area contributed by atoms with E-state index in [0.29, 0.717) is 31.7 Å². The van der Waals surface area contributed by atoms with Crippen LogP contribution >= 0.6 is 0 Å². The first-order valence-corrected chi connectivity index (χ1v) is 5.54. The first-order valence-electron chi connectivity index (χ1n) is 5.54. The van der Waals surface area contributed by atoms with E-state index in [9.17, 15) is 9.59 Å². The van der Waals surface area contributed by atoms with Gasteiger partial charge in [-0.1, -0.05) is 20.3 Å². The molecule has 1 atom stereocenters. The molecule has 88 valence electrons. The van der Waals surface area contributed by atoms with E-state index < -0.39 is 5.97 Å². The van der Waals surface area contributed by atoms with Gasteiger partial charge in [0.15, 0.2) is 0 Å². The summed E-state index contributed by atoms with van der Waals surface area (Å²) in [5.41, 5.74) is 0. The van der Waals surface area contributed by atoms with Crippen LogP contribution < -0.4 is 5.32 Å². The molecule has 0 bridgehead atoms. The lowest BCUT2D eigenvalue weighted by atomic mass is 10.1. The third kappa shape index (κ3) is 9.25. The summed E-state index contributed by atoms with van der Waals surface area (Å²) in [4.78, 5) is 21.4. The van der Waals surface area contributed by atoms with Crippen molar-refractivity contribution in [2.75, 3.05) is 6.54 Å². The maximum absolute atomic E-state index is 11.2. The van der Waals surface area contributed by atoms with E-state index >= 15 is 0 Å². The second-order valence-corrected chi connectivity index (χ2v) is 3.92. The summed E-state index contributed by atoms with van der Waals surface area (Å²) in [6.45, 7) is 4.89. The molecule has 0 aliphatic carbocycles. The standard InChI is InChI=1S/C11H21NO3/c1-3-9(2)8-12-10(13)6-4-5-7-11(14)15/h9H,3-8H2,1-2H3,(H,12,13)(H,14,15). The van der Waals surface area contributed by atoms with Gasteiger partial charge in [-0.3, -0.25) is 9.59 Å². The van der Waals surface area contributed by atoms with Gasteiger partial charge in [0.2, 0.25) is 5.91 Å². The van der Waals surface area contributed by atoms with E-state index in [1.807, 2.05) is 0 Å². The largest absolute Gasteiger partial charge is 0.481 e. The quantitative estimate of drug-likeness (QED) is 0.607. The van der Waals surface area contributed by atoms with Crippen LogP contribution in [0.25, 0.3) is 0 Å². The summed E-state index contributed by atoms with van der Waals surface area (Å²) in [5.74, 6) is -0.260. The second-order valence-electron chi connectivity index (χ2n) is 3.92. The van der Waals surface area contributed by atoms with Gasteiger partial charge in [0, 0.05) is 19.4 Å². The fraction of sp³-hybridized carbons (Fsp3) is 0.818. The molecule has 0 radical (unpaired) electrons. The van der Waals surface area contributed by atoms with Crippen LogP contribution in [0.5, 0.6) is 0 Å². The van der Waals surface area contributed by atoms with Crippen LogP contribution in [0.1, 0.15) is 46.0 Å². The number of carboxylic acid groups (broad SMARTS) is 1. The predicted octanol–water partition coefficient (Wildman–Crippen LogP) is 1.79. The van der Waals surface area contributed by atoms with E-state index in [-0.39, 0.29) is 12.3 Å². The van der Waals surface area contributed by atoms with Crippen molar-refractivity contribution in [3.05, 3.63) is 0 Å². The SMILES string of the molecule is CCC(C)CNC(=O)CCCCC(=O)O. The fourth-order valence-electron chi connectivity index (χ4n) is 1.08. The summed E-state index contributed by atoms with van der Waals surface area (Å²) < 4.78 is 0. The first-order chi connectivity index (χ1) is 7.06. The molecule has 0 fully saturated rings. The molecule has 0 aromatic heterocycles. The van der Waals surface area contributed by atoms with Crippen LogP contribution in [0.2, 0.25) is 0 Å². The summed E-state index contributed by atoms with van der Waals surface area (Å²) >= 11 is 0. The van der Waals surface area contributed by atoms with Gasteiger partial charge in [-0.25, -0.2) is 0 Å². The minimum atomic E-state index is -0.796. The van der Waals surface area contributed by atoms with E-state index in [4.69, 9.17) is 5.11 Å². The zero-order valence-electron chi connectivity index (χ0n) is 9.58. The fourth-order valence-corrected chi connectivity index (χ4v) is 1.08. The van der Waals surface area contributed by atoms with Crippen molar-refractivity contribution in [2.24, 2.45) is 5.92 Å². The Bertz CT molecular complexity index is 204. The molecule has 15 heavy (non-hydrogen) atoms. The number of carbonyl (C=O) groups is 2. The van der Waals surface area contributed by atoms with Gasteiger partial charge in [-0.15, -0.1) is 0 Å². The number of carbonyl (C=O) groups excluding carboxylic acids is 1. The van der Waals surface area contributed by atoms with Crippen molar-refractivity contribution in [3.8, 4) is 0 Å². The first kappa shape index (κ1) is 13.9. The molecular weight excluding hydrogens is 194 g/mol. The van der Waals surface area contributed by atoms with Gasteiger partial charge in [0.25, 0.3) is 0 Å². The van der Waals surface area contributed by atoms with E-state index in [2.05, 4.69) is 19.2 Å². The van der Waals surface area contributed by atoms with E-state index in [1.165, 1.54) is 0 Å². The Labute approximate surface area is 91.1 Å². The van der Waals surface area contributed by atoms with Crippen molar-refractivity contribution in [1.82, 2.24) is 5.32 Å². The van der Waals surface area contributed by atoms with E-state index in [0.717, 1.165) is 6.42 Å². The molecule has 0 saturated carbocycles. The highest BCUT2D eigenvalue weighted by molar-refractivity contribution is 5.75. The molecule has 0 aromatic rings. The molecule has 0 spiro atoms. The van der Waals surface area contributed by atoms with Crippen LogP contribution in [0, 0.1) is 5.92 Å². The van der Waals surface area contributed by atoms with Crippen molar-refractivity contribution in [3.63, 3.8) is 0 Å². The highest BCUT2D eigenvalue weighted by atomic mass is 16.4. The molecule has 2 N–H and O–H groups in total. The second kappa shape index (κ2) is 8.26. The van der Waals surface area contributed by atoms with Crippen LogP contribution in [-0.4, -0.2) is 23.5 Å². The highest BCUT2D eigenvalue weighted by Crippen LogP contribution is 2.01. The topological polar surface area (TPSA) is 66.4 Å². The van der Waals surface area contributed by atoms with Crippen LogP contribution in [0.4, 0.5) is 0 Å². The summed E-state index contributed by atoms with van der Waals surface area (Å²) in [6.07, 6.45) is 2.87. The zero-order chi connectivity index (χ0) is 11.7. The molecule has 1 unspecified atom stereocenters. The summed E-state index contributed by atoms with van der Waals surface area (Å²) in [6, 6.07) is 0. The summed E-state index contributed by atoms with van der Waals surface area (Å²) in [7, 11) is 0. The third-order valence-electron chi connectivity index (χ3n) is 2.39. The zero-order valence-corrected chi connectivity index (χ0v) is 9.58. The smallest absolute Gasteiger partial charge is 0.303 e. The maximum Gasteiger partial charge on any atom is 0.303 e. The molecule has 0 saturated heterocycles.